The van der Waals surface area contributed by atoms with E-state index >= 15 is 0 Å². The molecule has 7 heteroatoms. The highest BCUT2D eigenvalue weighted by atomic mass is 32.1. The third-order valence-electron chi connectivity index (χ3n) is 2.05. The lowest BCUT2D eigenvalue weighted by molar-refractivity contribution is -0.142. The van der Waals surface area contributed by atoms with Crippen molar-refractivity contribution in [1.82, 2.24) is 9.38 Å². The van der Waals surface area contributed by atoms with Gasteiger partial charge in [0, 0.05) is 11.1 Å². The topological polar surface area (TPSA) is 37.5 Å². The number of hydrogen-bond acceptors (Lipinski definition) is 3. The van der Waals surface area contributed by atoms with Crippen molar-refractivity contribution in [1.29, 1.82) is 0 Å². The van der Waals surface area contributed by atoms with Gasteiger partial charge in [-0.1, -0.05) is 0 Å². The molecule has 0 aliphatic carbocycles. The maximum Gasteiger partial charge on any atom is 0.435 e. The van der Waals surface area contributed by atoms with E-state index in [4.69, 9.17) is 5.11 Å². The first-order valence-electron chi connectivity index (χ1n) is 4.08. The fourth-order valence-electron chi connectivity index (χ4n) is 1.44. The summed E-state index contributed by atoms with van der Waals surface area (Å²) >= 11 is 1.12. The molecule has 82 valence electrons. The molecular weight excluding hydrogens is 229 g/mol. The van der Waals surface area contributed by atoms with Crippen LogP contribution in [-0.2, 0) is 12.8 Å². The zero-order valence-electron chi connectivity index (χ0n) is 7.67. The number of aliphatic hydroxyl groups is 1. The van der Waals surface area contributed by atoms with Gasteiger partial charge in [-0.15, -0.1) is 11.3 Å². The number of aryl methyl sites for hydroxylation is 1. The molecule has 0 radical (unpaired) electrons. The number of thiazole rings is 1. The van der Waals surface area contributed by atoms with Gasteiger partial charge >= 0.3 is 6.18 Å². The zero-order valence-corrected chi connectivity index (χ0v) is 8.48. The van der Waals surface area contributed by atoms with E-state index in [0.29, 0.717) is 5.69 Å². The number of aliphatic hydroxyl groups excluding tert-OH is 1. The highest BCUT2D eigenvalue weighted by molar-refractivity contribution is 7.15. The van der Waals surface area contributed by atoms with Crippen LogP contribution in [0.15, 0.2) is 5.38 Å². The minimum Gasteiger partial charge on any atom is -0.390 e. The Labute approximate surface area is 86.8 Å². The summed E-state index contributed by atoms with van der Waals surface area (Å²) < 4.78 is 38.8. The van der Waals surface area contributed by atoms with E-state index in [1.807, 2.05) is 0 Å². The van der Waals surface area contributed by atoms with Crippen molar-refractivity contribution in [2.45, 2.75) is 19.7 Å². The molecule has 0 aliphatic heterocycles. The van der Waals surface area contributed by atoms with E-state index in [-0.39, 0.29) is 10.7 Å². The highest BCUT2D eigenvalue weighted by Gasteiger charge is 2.38. The summed E-state index contributed by atoms with van der Waals surface area (Å²) in [7, 11) is 0. The molecule has 0 amide bonds. The molecule has 0 aromatic carbocycles. The second kappa shape index (κ2) is 3.21. The van der Waals surface area contributed by atoms with Crippen molar-refractivity contribution in [3.05, 3.63) is 22.5 Å². The van der Waals surface area contributed by atoms with Crippen molar-refractivity contribution >= 4 is 16.3 Å². The van der Waals surface area contributed by atoms with Crippen LogP contribution in [0.25, 0.3) is 4.96 Å². The van der Waals surface area contributed by atoms with Crippen LogP contribution in [0, 0.1) is 6.92 Å². The molecule has 1 N–H and O–H groups in total. The smallest absolute Gasteiger partial charge is 0.390 e. The normalized spacial score (nSPS) is 12.6. The molecule has 15 heavy (non-hydrogen) atoms. The van der Waals surface area contributed by atoms with Gasteiger partial charge in [-0.05, 0) is 6.92 Å². The molecule has 3 nitrogen and oxygen atoms in total. The van der Waals surface area contributed by atoms with Crippen molar-refractivity contribution in [3.8, 4) is 0 Å². The van der Waals surface area contributed by atoms with Gasteiger partial charge in [-0.2, -0.15) is 13.2 Å². The number of nitrogens with zero attached hydrogens (tertiary/aromatic N) is 2. The predicted molar refractivity (Wildman–Crippen MR) is 48.7 cm³/mol. The van der Waals surface area contributed by atoms with E-state index < -0.39 is 18.5 Å². The number of hydrogen-bond donors (Lipinski definition) is 1. The number of fused-ring (bicyclic) bond motifs is 1. The first-order valence-corrected chi connectivity index (χ1v) is 4.96. The first kappa shape index (κ1) is 10.4. The van der Waals surface area contributed by atoms with E-state index in [2.05, 4.69) is 4.98 Å². The largest absolute Gasteiger partial charge is 0.435 e. The summed E-state index contributed by atoms with van der Waals surface area (Å²) in [6, 6.07) is 0. The Morgan fingerprint density at radius 1 is 1.53 bits per heavy atom. The summed E-state index contributed by atoms with van der Waals surface area (Å²) in [6.45, 7) is 0.998. The maximum absolute atomic E-state index is 12.5. The Hall–Kier alpha value is -1.08. The quantitative estimate of drug-likeness (QED) is 0.824. The molecule has 0 fully saturated rings. The van der Waals surface area contributed by atoms with E-state index in [0.717, 1.165) is 11.3 Å². The molecule has 0 unspecified atom stereocenters. The van der Waals surface area contributed by atoms with Gasteiger partial charge in [-0.3, -0.25) is 4.40 Å². The lowest BCUT2D eigenvalue weighted by Gasteiger charge is -2.05. The molecule has 0 saturated heterocycles. The molecular formula is C8H7F3N2OS. The fraction of sp³-hybridized carbons (Fsp3) is 0.375. The Balaban J connectivity index is 2.76. The Morgan fingerprint density at radius 3 is 2.73 bits per heavy atom. The Kier molecular flexibility index (Phi) is 2.23. The summed E-state index contributed by atoms with van der Waals surface area (Å²) in [5.74, 6) is 0. The van der Waals surface area contributed by atoms with Gasteiger partial charge in [-0.25, -0.2) is 4.98 Å². The molecule has 2 heterocycles. The number of aromatic nitrogens is 2. The Bertz CT molecular complexity index is 500. The third kappa shape index (κ3) is 1.51. The van der Waals surface area contributed by atoms with Crippen molar-refractivity contribution in [3.63, 3.8) is 0 Å². The monoisotopic (exact) mass is 236 g/mol. The van der Waals surface area contributed by atoms with Crippen LogP contribution in [0.1, 0.15) is 17.1 Å². The molecule has 0 bridgehead atoms. The first-order chi connectivity index (χ1) is 6.95. The van der Waals surface area contributed by atoms with Gasteiger partial charge in [0.25, 0.3) is 0 Å². The summed E-state index contributed by atoms with van der Waals surface area (Å²) in [6.07, 6.45) is -4.52. The average Bonchev–Trinajstić information content (AvgIpc) is 2.65. The molecule has 0 saturated carbocycles. The minimum absolute atomic E-state index is 0.198. The number of alkyl halides is 3. The lowest BCUT2D eigenvalue weighted by Crippen LogP contribution is -2.10. The molecule has 0 aliphatic rings. The van der Waals surface area contributed by atoms with Gasteiger partial charge in [0.1, 0.15) is 0 Å². The predicted octanol–water partition coefficient (Wildman–Crippen LogP) is 2.22. The average molecular weight is 236 g/mol. The van der Waals surface area contributed by atoms with Crippen molar-refractivity contribution in [2.75, 3.05) is 0 Å². The number of rotatable bonds is 1. The fourth-order valence-corrected chi connectivity index (χ4v) is 2.32. The maximum atomic E-state index is 12.5. The van der Waals surface area contributed by atoms with Crippen LogP contribution in [0.2, 0.25) is 0 Å². The summed E-state index contributed by atoms with van der Waals surface area (Å²) in [4.78, 5) is 3.73. The van der Waals surface area contributed by atoms with Crippen molar-refractivity contribution in [2.24, 2.45) is 0 Å². The van der Waals surface area contributed by atoms with Crippen LogP contribution < -0.4 is 0 Å². The lowest BCUT2D eigenvalue weighted by atomic mass is 10.3. The van der Waals surface area contributed by atoms with Gasteiger partial charge in [0.05, 0.1) is 12.3 Å². The van der Waals surface area contributed by atoms with Crippen molar-refractivity contribution < 1.29 is 18.3 Å². The van der Waals surface area contributed by atoms with E-state index in [1.54, 1.807) is 12.3 Å². The second-order valence-corrected chi connectivity index (χ2v) is 3.89. The van der Waals surface area contributed by atoms with E-state index in [1.165, 1.54) is 4.40 Å². The number of halogens is 3. The van der Waals surface area contributed by atoms with Crippen LogP contribution >= 0.6 is 11.3 Å². The van der Waals surface area contributed by atoms with Crippen LogP contribution in [0.3, 0.4) is 0 Å². The van der Waals surface area contributed by atoms with Crippen LogP contribution in [-0.4, -0.2) is 14.5 Å². The van der Waals surface area contributed by atoms with Crippen LogP contribution in [0.5, 0.6) is 0 Å². The Morgan fingerprint density at radius 2 is 2.20 bits per heavy atom. The summed E-state index contributed by atoms with van der Waals surface area (Å²) in [5, 5.41) is 10.7. The molecule has 0 atom stereocenters. The molecule has 2 aromatic rings. The molecule has 2 rings (SSSR count). The summed E-state index contributed by atoms with van der Waals surface area (Å²) in [5.41, 5.74) is -0.557. The molecule has 0 spiro atoms. The minimum atomic E-state index is -4.52. The number of imidazole rings is 1. The third-order valence-corrected chi connectivity index (χ3v) is 2.99. The van der Waals surface area contributed by atoms with Gasteiger partial charge in [0.2, 0.25) is 0 Å². The standard InChI is InChI=1S/C8H7F3N2OS/c1-4-3-15-7-12-6(8(9,10)11)5(2-14)13(4)7/h3,14H,2H2,1H3. The van der Waals surface area contributed by atoms with Gasteiger partial charge < -0.3 is 5.11 Å². The van der Waals surface area contributed by atoms with E-state index in [9.17, 15) is 13.2 Å². The van der Waals surface area contributed by atoms with Crippen LogP contribution in [0.4, 0.5) is 13.2 Å². The zero-order chi connectivity index (χ0) is 11.2. The second-order valence-electron chi connectivity index (χ2n) is 3.06. The van der Waals surface area contributed by atoms with Gasteiger partial charge in [0.15, 0.2) is 10.7 Å². The molecule has 2 aromatic heterocycles. The highest BCUT2D eigenvalue weighted by Crippen LogP contribution is 2.33. The SMILES string of the molecule is Cc1csc2nc(C(F)(F)F)c(CO)n12.